The van der Waals surface area contributed by atoms with E-state index < -0.39 is 0 Å². The molecule has 5 heteroatoms. The zero-order valence-corrected chi connectivity index (χ0v) is 11.6. The maximum atomic E-state index is 5.99. The van der Waals surface area contributed by atoms with Gasteiger partial charge in [-0.3, -0.25) is 9.58 Å². The lowest BCUT2D eigenvalue weighted by Gasteiger charge is -2.20. The van der Waals surface area contributed by atoms with Gasteiger partial charge in [0.2, 0.25) is 0 Å². The Hall–Kier alpha value is -0.910. The molecular formula is C13H24N4O. The van der Waals surface area contributed by atoms with Crippen LogP contribution < -0.4 is 5.32 Å². The molecule has 0 radical (unpaired) electrons. The van der Waals surface area contributed by atoms with E-state index in [2.05, 4.69) is 28.6 Å². The highest BCUT2D eigenvalue weighted by Gasteiger charge is 2.25. The zero-order chi connectivity index (χ0) is 13.0. The van der Waals surface area contributed by atoms with Crippen molar-refractivity contribution in [2.24, 2.45) is 7.05 Å². The molecule has 1 N–H and O–H groups in total. The van der Waals surface area contributed by atoms with Gasteiger partial charge < -0.3 is 10.1 Å². The third kappa shape index (κ3) is 3.80. The quantitative estimate of drug-likeness (QED) is 0.806. The first-order valence-corrected chi connectivity index (χ1v) is 6.63. The van der Waals surface area contributed by atoms with Crippen molar-refractivity contribution >= 4 is 0 Å². The predicted octanol–water partition coefficient (Wildman–Crippen LogP) is 0.619. The Morgan fingerprint density at radius 1 is 1.50 bits per heavy atom. The molecule has 0 spiro atoms. The average Bonchev–Trinajstić information content (AvgIpc) is 2.89. The number of likely N-dealkylation sites (N-methyl/N-ethyl adjacent to an activating group) is 2. The van der Waals surface area contributed by atoms with Crippen molar-refractivity contribution in [3.8, 4) is 0 Å². The average molecular weight is 252 g/mol. The van der Waals surface area contributed by atoms with E-state index in [4.69, 9.17) is 4.74 Å². The van der Waals surface area contributed by atoms with Crippen LogP contribution in [0.4, 0.5) is 0 Å². The molecule has 1 aromatic heterocycles. The zero-order valence-electron chi connectivity index (χ0n) is 11.6. The summed E-state index contributed by atoms with van der Waals surface area (Å²) >= 11 is 0. The number of ether oxygens (including phenoxy) is 1. The minimum atomic E-state index is 0.380. The Morgan fingerprint density at radius 2 is 2.28 bits per heavy atom. The Kier molecular flexibility index (Phi) is 4.74. The number of nitrogens with one attached hydrogen (secondary N) is 1. The molecule has 1 saturated heterocycles. The van der Waals surface area contributed by atoms with Crippen LogP contribution >= 0.6 is 0 Å². The van der Waals surface area contributed by atoms with Crippen molar-refractivity contribution < 1.29 is 4.74 Å². The Balaban J connectivity index is 1.73. The fourth-order valence-electron chi connectivity index (χ4n) is 2.57. The summed E-state index contributed by atoms with van der Waals surface area (Å²) in [7, 11) is 6.07. The molecule has 0 saturated carbocycles. The molecule has 18 heavy (non-hydrogen) atoms. The van der Waals surface area contributed by atoms with E-state index in [1.165, 1.54) is 18.4 Å². The molecule has 2 rings (SSSR count). The maximum Gasteiger partial charge on any atom is 0.0707 e. The van der Waals surface area contributed by atoms with Crippen molar-refractivity contribution in [2.75, 3.05) is 27.2 Å². The van der Waals surface area contributed by atoms with Crippen molar-refractivity contribution in [2.45, 2.75) is 31.6 Å². The van der Waals surface area contributed by atoms with Crippen LogP contribution in [0.15, 0.2) is 12.4 Å². The van der Waals surface area contributed by atoms with Crippen molar-refractivity contribution in [3.05, 3.63) is 18.0 Å². The van der Waals surface area contributed by atoms with Gasteiger partial charge in [-0.15, -0.1) is 0 Å². The van der Waals surface area contributed by atoms with E-state index in [0.717, 1.165) is 19.6 Å². The van der Waals surface area contributed by atoms with Crippen LogP contribution in [-0.4, -0.2) is 54.1 Å². The minimum Gasteiger partial charge on any atom is -0.372 e. The van der Waals surface area contributed by atoms with Gasteiger partial charge in [-0.05, 0) is 26.9 Å². The van der Waals surface area contributed by atoms with Crippen LogP contribution in [0.2, 0.25) is 0 Å². The van der Waals surface area contributed by atoms with E-state index in [1.807, 2.05) is 25.0 Å². The Bertz CT molecular complexity index is 366. The van der Waals surface area contributed by atoms with Crippen molar-refractivity contribution in [1.29, 1.82) is 0 Å². The van der Waals surface area contributed by atoms with Crippen LogP contribution in [0.25, 0.3) is 0 Å². The number of hydrogen-bond acceptors (Lipinski definition) is 4. The van der Waals surface area contributed by atoms with Gasteiger partial charge in [0.25, 0.3) is 0 Å². The number of aryl methyl sites for hydroxylation is 1. The highest BCUT2D eigenvalue weighted by molar-refractivity contribution is 5.03. The lowest BCUT2D eigenvalue weighted by Crippen LogP contribution is -2.30. The van der Waals surface area contributed by atoms with Gasteiger partial charge in [0.15, 0.2) is 0 Å². The second kappa shape index (κ2) is 6.31. The molecule has 1 aliphatic rings. The molecule has 2 heterocycles. The van der Waals surface area contributed by atoms with Crippen molar-refractivity contribution in [3.63, 3.8) is 0 Å². The SMILES string of the molecule is CNCC1CCC(CN(C)Cc2cnn(C)c2)O1. The molecule has 1 fully saturated rings. The summed E-state index contributed by atoms with van der Waals surface area (Å²) in [4.78, 5) is 2.31. The number of aromatic nitrogens is 2. The van der Waals surface area contributed by atoms with Crippen LogP contribution in [-0.2, 0) is 18.3 Å². The summed E-state index contributed by atoms with van der Waals surface area (Å²) in [5.41, 5.74) is 1.25. The highest BCUT2D eigenvalue weighted by Crippen LogP contribution is 2.20. The van der Waals surface area contributed by atoms with Gasteiger partial charge >= 0.3 is 0 Å². The second-order valence-corrected chi connectivity index (χ2v) is 5.23. The van der Waals surface area contributed by atoms with E-state index in [-0.39, 0.29) is 0 Å². The lowest BCUT2D eigenvalue weighted by atomic mass is 10.2. The first-order valence-electron chi connectivity index (χ1n) is 6.63. The summed E-state index contributed by atoms with van der Waals surface area (Å²) in [6.45, 7) is 2.89. The molecule has 0 aliphatic carbocycles. The molecule has 102 valence electrons. The first-order chi connectivity index (χ1) is 8.67. The van der Waals surface area contributed by atoms with Gasteiger partial charge in [0, 0.05) is 38.4 Å². The molecule has 1 aliphatic heterocycles. The standard InChI is InChI=1S/C13H24N4O/c1-14-7-12-4-5-13(18-12)10-16(2)8-11-6-15-17(3)9-11/h6,9,12-14H,4-5,7-8,10H2,1-3H3. The predicted molar refractivity (Wildman–Crippen MR) is 71.4 cm³/mol. The fourth-order valence-corrected chi connectivity index (χ4v) is 2.57. The molecule has 2 atom stereocenters. The van der Waals surface area contributed by atoms with Crippen LogP contribution in [0.1, 0.15) is 18.4 Å². The maximum absolute atomic E-state index is 5.99. The second-order valence-electron chi connectivity index (χ2n) is 5.23. The van der Waals surface area contributed by atoms with Crippen LogP contribution in [0.5, 0.6) is 0 Å². The van der Waals surface area contributed by atoms with Gasteiger partial charge in [-0.25, -0.2) is 0 Å². The number of hydrogen-bond donors (Lipinski definition) is 1. The summed E-state index contributed by atoms with van der Waals surface area (Å²) in [5.74, 6) is 0. The van der Waals surface area contributed by atoms with Crippen LogP contribution in [0.3, 0.4) is 0 Å². The van der Waals surface area contributed by atoms with E-state index in [0.29, 0.717) is 12.2 Å². The van der Waals surface area contributed by atoms with Gasteiger partial charge in [0.1, 0.15) is 0 Å². The minimum absolute atomic E-state index is 0.380. The summed E-state index contributed by atoms with van der Waals surface area (Å²) in [6, 6.07) is 0. The van der Waals surface area contributed by atoms with Gasteiger partial charge in [0.05, 0.1) is 18.4 Å². The van der Waals surface area contributed by atoms with E-state index in [9.17, 15) is 0 Å². The lowest BCUT2D eigenvalue weighted by molar-refractivity contribution is 0.0276. The molecule has 1 aromatic rings. The van der Waals surface area contributed by atoms with Crippen LogP contribution in [0, 0.1) is 0 Å². The molecule has 0 bridgehead atoms. The molecule has 2 unspecified atom stereocenters. The Labute approximate surface area is 109 Å². The van der Waals surface area contributed by atoms with E-state index >= 15 is 0 Å². The van der Waals surface area contributed by atoms with Gasteiger partial charge in [-0.1, -0.05) is 0 Å². The van der Waals surface area contributed by atoms with Gasteiger partial charge in [-0.2, -0.15) is 5.10 Å². The monoisotopic (exact) mass is 252 g/mol. The molecular weight excluding hydrogens is 228 g/mol. The normalized spacial score (nSPS) is 24.0. The van der Waals surface area contributed by atoms with E-state index in [1.54, 1.807) is 0 Å². The summed E-state index contributed by atoms with van der Waals surface area (Å²) in [5, 5.41) is 7.36. The van der Waals surface area contributed by atoms with Crippen molar-refractivity contribution in [1.82, 2.24) is 20.0 Å². The summed E-state index contributed by atoms with van der Waals surface area (Å²) in [6.07, 6.45) is 7.11. The molecule has 0 aromatic carbocycles. The summed E-state index contributed by atoms with van der Waals surface area (Å²) < 4.78 is 7.84. The Morgan fingerprint density at radius 3 is 2.94 bits per heavy atom. The smallest absolute Gasteiger partial charge is 0.0707 e. The molecule has 5 nitrogen and oxygen atoms in total. The third-order valence-electron chi connectivity index (χ3n) is 3.35. The molecule has 0 amide bonds. The topological polar surface area (TPSA) is 42.3 Å². The largest absolute Gasteiger partial charge is 0.372 e. The number of nitrogens with zero attached hydrogens (tertiary/aromatic N) is 3. The third-order valence-corrected chi connectivity index (χ3v) is 3.35. The number of rotatable bonds is 6. The first kappa shape index (κ1) is 13.5. The fraction of sp³-hybridized carbons (Fsp3) is 0.769. The highest BCUT2D eigenvalue weighted by atomic mass is 16.5.